The Labute approximate surface area is 95.7 Å². The SMILES string of the molecule is CN(C)c1nc(C=O)c2ccc(Br)cn12. The largest absolute Gasteiger partial charge is 0.348 e. The Kier molecular flexibility index (Phi) is 2.48. The first-order chi connectivity index (χ1) is 7.13. The number of rotatable bonds is 2. The Bertz CT molecular complexity index is 519. The van der Waals surface area contributed by atoms with Crippen molar-refractivity contribution in [3.8, 4) is 0 Å². The van der Waals surface area contributed by atoms with Gasteiger partial charge in [0.15, 0.2) is 6.29 Å². The van der Waals surface area contributed by atoms with E-state index in [9.17, 15) is 4.79 Å². The third kappa shape index (κ3) is 1.63. The second-order valence-electron chi connectivity index (χ2n) is 3.41. The zero-order valence-corrected chi connectivity index (χ0v) is 10.0. The van der Waals surface area contributed by atoms with Gasteiger partial charge in [-0.1, -0.05) is 0 Å². The second kappa shape index (κ2) is 3.66. The van der Waals surface area contributed by atoms with Crippen LogP contribution in [0.1, 0.15) is 10.5 Å². The summed E-state index contributed by atoms with van der Waals surface area (Å²) in [6.07, 6.45) is 2.67. The maximum absolute atomic E-state index is 10.8. The third-order valence-corrected chi connectivity index (χ3v) is 2.59. The Morgan fingerprint density at radius 3 is 2.80 bits per heavy atom. The number of anilines is 1. The standard InChI is InChI=1S/C10H10BrN3O/c1-13(2)10-12-8(6-15)9-4-3-7(11)5-14(9)10/h3-6H,1-2H3. The van der Waals surface area contributed by atoms with E-state index in [1.165, 1.54) is 0 Å². The van der Waals surface area contributed by atoms with Gasteiger partial charge in [0.2, 0.25) is 5.95 Å². The maximum atomic E-state index is 10.8. The van der Waals surface area contributed by atoms with Gasteiger partial charge in [0.25, 0.3) is 0 Å². The molecule has 0 aromatic carbocycles. The number of fused-ring (bicyclic) bond motifs is 1. The first-order valence-electron chi connectivity index (χ1n) is 4.43. The van der Waals surface area contributed by atoms with Gasteiger partial charge in [-0.2, -0.15) is 0 Å². The van der Waals surface area contributed by atoms with E-state index in [2.05, 4.69) is 20.9 Å². The van der Waals surface area contributed by atoms with Crippen molar-refractivity contribution in [3.05, 3.63) is 28.5 Å². The fraction of sp³-hybridized carbons (Fsp3) is 0.200. The maximum Gasteiger partial charge on any atom is 0.210 e. The third-order valence-electron chi connectivity index (χ3n) is 2.12. The minimum atomic E-state index is 0.464. The molecule has 0 aliphatic heterocycles. The van der Waals surface area contributed by atoms with E-state index in [0.29, 0.717) is 5.69 Å². The van der Waals surface area contributed by atoms with Crippen molar-refractivity contribution < 1.29 is 4.79 Å². The number of aromatic nitrogens is 2. The lowest BCUT2D eigenvalue weighted by molar-refractivity contribution is 0.112. The van der Waals surface area contributed by atoms with Gasteiger partial charge < -0.3 is 4.90 Å². The molecule has 0 unspecified atom stereocenters. The normalized spacial score (nSPS) is 10.6. The van der Waals surface area contributed by atoms with Gasteiger partial charge in [0.05, 0.1) is 5.52 Å². The summed E-state index contributed by atoms with van der Waals surface area (Å²) in [6, 6.07) is 3.76. The highest BCUT2D eigenvalue weighted by molar-refractivity contribution is 9.10. The Balaban J connectivity index is 2.81. The van der Waals surface area contributed by atoms with Crippen molar-refractivity contribution >= 4 is 33.7 Å². The lowest BCUT2D eigenvalue weighted by Crippen LogP contribution is -2.12. The molecule has 2 heterocycles. The predicted molar refractivity (Wildman–Crippen MR) is 62.6 cm³/mol. The van der Waals surface area contributed by atoms with Crippen LogP contribution in [0.2, 0.25) is 0 Å². The molecule has 2 aromatic heterocycles. The van der Waals surface area contributed by atoms with Gasteiger partial charge in [0, 0.05) is 24.8 Å². The van der Waals surface area contributed by atoms with E-state index in [4.69, 9.17) is 0 Å². The number of halogens is 1. The summed E-state index contributed by atoms with van der Waals surface area (Å²) in [5.41, 5.74) is 1.28. The summed E-state index contributed by atoms with van der Waals surface area (Å²) in [5.74, 6) is 0.744. The predicted octanol–water partition coefficient (Wildman–Crippen LogP) is 1.98. The van der Waals surface area contributed by atoms with Crippen molar-refractivity contribution in [2.45, 2.75) is 0 Å². The van der Waals surface area contributed by atoms with Crippen molar-refractivity contribution in [1.29, 1.82) is 0 Å². The average Bonchev–Trinajstić information content (AvgIpc) is 2.55. The number of imidazole rings is 1. The fourth-order valence-corrected chi connectivity index (χ4v) is 1.81. The number of aldehydes is 1. The van der Waals surface area contributed by atoms with Crippen molar-refractivity contribution in [1.82, 2.24) is 9.38 Å². The molecule has 2 rings (SSSR count). The van der Waals surface area contributed by atoms with Crippen LogP contribution in [0, 0.1) is 0 Å². The highest BCUT2D eigenvalue weighted by Crippen LogP contribution is 2.20. The molecule has 0 radical (unpaired) electrons. The highest BCUT2D eigenvalue weighted by atomic mass is 79.9. The van der Waals surface area contributed by atoms with Crippen LogP contribution < -0.4 is 4.90 Å². The molecule has 0 N–H and O–H groups in total. The quantitative estimate of drug-likeness (QED) is 0.781. The van der Waals surface area contributed by atoms with E-state index in [0.717, 1.165) is 22.2 Å². The molecule has 0 saturated heterocycles. The second-order valence-corrected chi connectivity index (χ2v) is 4.33. The zero-order valence-electron chi connectivity index (χ0n) is 8.44. The molecule has 0 amide bonds. The van der Waals surface area contributed by atoms with Crippen LogP contribution in [-0.2, 0) is 0 Å². The summed E-state index contributed by atoms with van der Waals surface area (Å²) in [4.78, 5) is 17.0. The lowest BCUT2D eigenvalue weighted by Gasteiger charge is -2.09. The van der Waals surface area contributed by atoms with Crippen molar-refractivity contribution in [2.24, 2.45) is 0 Å². The summed E-state index contributed by atoms with van der Waals surface area (Å²) >= 11 is 3.39. The molecule has 78 valence electrons. The zero-order chi connectivity index (χ0) is 11.0. The molecule has 0 bridgehead atoms. The molecule has 0 aliphatic rings. The average molecular weight is 268 g/mol. The van der Waals surface area contributed by atoms with E-state index < -0.39 is 0 Å². The van der Waals surface area contributed by atoms with Crippen LogP contribution in [0.4, 0.5) is 5.95 Å². The molecule has 15 heavy (non-hydrogen) atoms. The van der Waals surface area contributed by atoms with Crippen LogP contribution in [0.25, 0.3) is 5.52 Å². The van der Waals surface area contributed by atoms with E-state index in [1.807, 2.05) is 41.7 Å². The van der Waals surface area contributed by atoms with Crippen LogP contribution in [0.3, 0.4) is 0 Å². The number of carbonyl (C=O) groups excluding carboxylic acids is 1. The number of pyridine rings is 1. The van der Waals surface area contributed by atoms with Crippen molar-refractivity contribution in [2.75, 3.05) is 19.0 Å². The molecule has 0 aliphatic carbocycles. The molecular formula is C10H10BrN3O. The molecule has 0 fully saturated rings. The van der Waals surface area contributed by atoms with Crippen LogP contribution in [0.5, 0.6) is 0 Å². The van der Waals surface area contributed by atoms with E-state index in [1.54, 1.807) is 0 Å². The Morgan fingerprint density at radius 2 is 2.20 bits per heavy atom. The molecule has 2 aromatic rings. The van der Waals surface area contributed by atoms with Gasteiger partial charge >= 0.3 is 0 Å². The molecule has 0 saturated carbocycles. The van der Waals surface area contributed by atoms with Crippen LogP contribution in [0.15, 0.2) is 22.8 Å². The molecule has 4 nitrogen and oxygen atoms in total. The smallest absolute Gasteiger partial charge is 0.210 e. The topological polar surface area (TPSA) is 37.6 Å². The van der Waals surface area contributed by atoms with Gasteiger partial charge in [-0.3, -0.25) is 9.20 Å². The summed E-state index contributed by atoms with van der Waals surface area (Å²) in [7, 11) is 3.79. The first-order valence-corrected chi connectivity index (χ1v) is 5.23. The Hall–Kier alpha value is -1.36. The van der Waals surface area contributed by atoms with E-state index in [-0.39, 0.29) is 0 Å². The number of nitrogens with zero attached hydrogens (tertiary/aromatic N) is 3. The van der Waals surface area contributed by atoms with Crippen LogP contribution in [-0.4, -0.2) is 29.8 Å². The van der Waals surface area contributed by atoms with Gasteiger partial charge in [-0.15, -0.1) is 0 Å². The monoisotopic (exact) mass is 267 g/mol. The molecular weight excluding hydrogens is 258 g/mol. The van der Waals surface area contributed by atoms with Gasteiger partial charge in [-0.05, 0) is 28.1 Å². The van der Waals surface area contributed by atoms with Gasteiger partial charge in [0.1, 0.15) is 5.69 Å². The fourth-order valence-electron chi connectivity index (χ4n) is 1.47. The first kappa shape index (κ1) is 10.2. The minimum absolute atomic E-state index is 0.464. The molecule has 5 heteroatoms. The van der Waals surface area contributed by atoms with Gasteiger partial charge in [-0.25, -0.2) is 4.98 Å². The summed E-state index contributed by atoms with van der Waals surface area (Å²) in [6.45, 7) is 0. The summed E-state index contributed by atoms with van der Waals surface area (Å²) < 4.78 is 2.83. The summed E-state index contributed by atoms with van der Waals surface area (Å²) in [5, 5.41) is 0. The number of carbonyl (C=O) groups is 1. The van der Waals surface area contributed by atoms with Crippen LogP contribution >= 0.6 is 15.9 Å². The molecule has 0 spiro atoms. The minimum Gasteiger partial charge on any atom is -0.348 e. The Morgan fingerprint density at radius 1 is 1.47 bits per heavy atom. The lowest BCUT2D eigenvalue weighted by atomic mass is 10.3. The number of hydrogen-bond acceptors (Lipinski definition) is 3. The number of hydrogen-bond donors (Lipinski definition) is 0. The molecule has 0 atom stereocenters. The van der Waals surface area contributed by atoms with E-state index >= 15 is 0 Å². The van der Waals surface area contributed by atoms with Crippen molar-refractivity contribution in [3.63, 3.8) is 0 Å². The highest BCUT2D eigenvalue weighted by Gasteiger charge is 2.11.